The van der Waals surface area contributed by atoms with Gasteiger partial charge in [-0.15, -0.1) is 11.3 Å². The molecule has 1 N–H and O–H groups in total. The van der Waals surface area contributed by atoms with E-state index >= 15 is 0 Å². The summed E-state index contributed by atoms with van der Waals surface area (Å²) in [6.07, 6.45) is 0.881. The minimum absolute atomic E-state index is 0.0262. The number of hydrogen-bond donors (Lipinski definition) is 1. The molecule has 3 aromatic rings. The normalized spacial score (nSPS) is 14.6. The number of anilines is 1. The van der Waals surface area contributed by atoms with Crippen LogP contribution in [0.3, 0.4) is 0 Å². The fourth-order valence-corrected chi connectivity index (χ4v) is 5.01. The van der Waals surface area contributed by atoms with E-state index in [1.165, 1.54) is 4.88 Å². The van der Waals surface area contributed by atoms with Gasteiger partial charge in [0.15, 0.2) is 0 Å². The first-order chi connectivity index (χ1) is 13.4. The van der Waals surface area contributed by atoms with Crippen LogP contribution in [0.1, 0.15) is 10.4 Å². The molecule has 0 saturated carbocycles. The molecule has 4 rings (SSSR count). The van der Waals surface area contributed by atoms with Crippen molar-refractivity contribution in [2.24, 2.45) is 0 Å². The Labute approximate surface area is 173 Å². The quantitative estimate of drug-likeness (QED) is 0.691. The number of halogens is 1. The number of thiophene rings is 1. The van der Waals surface area contributed by atoms with Crippen molar-refractivity contribution in [2.45, 2.75) is 13.0 Å². The Balaban J connectivity index is 1.90. The number of likely N-dealkylation sites (N-methyl/N-ethyl adjacent to an activating group) is 2. The lowest BCUT2D eigenvalue weighted by Crippen LogP contribution is -2.28. The predicted molar refractivity (Wildman–Crippen MR) is 117 cm³/mol. The van der Waals surface area contributed by atoms with Crippen LogP contribution >= 0.6 is 22.9 Å². The summed E-state index contributed by atoms with van der Waals surface area (Å²) in [5.74, 6) is 0.563. The topological polar surface area (TPSA) is 53.4 Å². The van der Waals surface area contributed by atoms with Crippen LogP contribution in [0.15, 0.2) is 29.1 Å². The Kier molecular flexibility index (Phi) is 5.42. The maximum atomic E-state index is 13.6. The Morgan fingerprint density at radius 3 is 2.93 bits per heavy atom. The van der Waals surface area contributed by atoms with Crippen LogP contribution in [0.2, 0.25) is 5.02 Å². The van der Waals surface area contributed by atoms with Crippen LogP contribution in [0.25, 0.3) is 15.9 Å². The van der Waals surface area contributed by atoms with Gasteiger partial charge in [-0.25, -0.2) is 9.55 Å². The third kappa shape index (κ3) is 3.67. The molecule has 0 saturated heterocycles. The minimum atomic E-state index is -0.0262. The van der Waals surface area contributed by atoms with E-state index in [9.17, 15) is 4.79 Å². The van der Waals surface area contributed by atoms with Crippen LogP contribution < -0.4 is 10.9 Å². The minimum Gasteiger partial charge on any atom is -0.354 e. The number of aromatic nitrogens is 2. The molecule has 0 unspecified atom stereocenters. The van der Waals surface area contributed by atoms with Crippen LogP contribution in [0.4, 0.5) is 5.95 Å². The summed E-state index contributed by atoms with van der Waals surface area (Å²) in [4.78, 5) is 24.9. The van der Waals surface area contributed by atoms with Gasteiger partial charge in [0.05, 0.1) is 11.1 Å². The maximum Gasteiger partial charge on any atom is 0.268 e. The number of rotatable bonds is 5. The third-order valence-electron chi connectivity index (χ3n) is 4.97. The van der Waals surface area contributed by atoms with Gasteiger partial charge in [0.2, 0.25) is 5.95 Å². The highest BCUT2D eigenvalue weighted by Gasteiger charge is 2.24. The number of hydrogen-bond acceptors (Lipinski definition) is 6. The molecule has 0 aliphatic carbocycles. The predicted octanol–water partition coefficient (Wildman–Crippen LogP) is 3.06. The average Bonchev–Trinajstić information content (AvgIpc) is 2.99. The first-order valence-electron chi connectivity index (χ1n) is 9.34. The van der Waals surface area contributed by atoms with Crippen LogP contribution in [0, 0.1) is 0 Å². The van der Waals surface area contributed by atoms with Gasteiger partial charge in [0.1, 0.15) is 4.83 Å². The lowest BCUT2D eigenvalue weighted by molar-refractivity contribution is 0.318. The molecule has 148 valence electrons. The van der Waals surface area contributed by atoms with Crippen LogP contribution in [-0.4, -0.2) is 60.1 Å². The third-order valence-corrected chi connectivity index (χ3v) is 6.32. The number of nitrogens with zero attached hydrogens (tertiary/aromatic N) is 4. The van der Waals surface area contributed by atoms with Crippen molar-refractivity contribution in [3.8, 4) is 5.69 Å². The summed E-state index contributed by atoms with van der Waals surface area (Å²) in [6, 6.07) is 7.37. The SMILES string of the molecule is CN(C)CCNc1nc2sc3c(c2c(=O)n1-c1cccc(Cl)c1)CCN(C)C3. The molecule has 0 atom stereocenters. The second kappa shape index (κ2) is 7.83. The van der Waals surface area contributed by atoms with E-state index in [1.807, 2.05) is 32.3 Å². The molecule has 1 aliphatic rings. The molecule has 1 aromatic carbocycles. The zero-order valence-electron chi connectivity index (χ0n) is 16.3. The van der Waals surface area contributed by atoms with Crippen molar-refractivity contribution in [3.05, 3.63) is 50.1 Å². The first kappa shape index (κ1) is 19.4. The molecule has 0 fully saturated rings. The largest absolute Gasteiger partial charge is 0.354 e. The summed E-state index contributed by atoms with van der Waals surface area (Å²) in [7, 11) is 6.15. The van der Waals surface area contributed by atoms with E-state index in [2.05, 4.69) is 22.2 Å². The van der Waals surface area contributed by atoms with Gasteiger partial charge in [-0.1, -0.05) is 17.7 Å². The van der Waals surface area contributed by atoms with E-state index in [0.29, 0.717) is 17.5 Å². The Bertz CT molecular complexity index is 1070. The van der Waals surface area contributed by atoms with Crippen molar-refractivity contribution in [1.82, 2.24) is 19.4 Å². The molecule has 3 heterocycles. The molecule has 0 amide bonds. The van der Waals surface area contributed by atoms with Gasteiger partial charge < -0.3 is 15.1 Å². The molecule has 0 radical (unpaired) electrons. The van der Waals surface area contributed by atoms with Crippen molar-refractivity contribution >= 4 is 39.1 Å². The fourth-order valence-electron chi connectivity index (χ4n) is 3.53. The van der Waals surface area contributed by atoms with Gasteiger partial charge in [-0.05, 0) is 51.3 Å². The highest BCUT2D eigenvalue weighted by molar-refractivity contribution is 7.18. The van der Waals surface area contributed by atoms with Gasteiger partial charge in [0, 0.05) is 36.1 Å². The average molecular weight is 418 g/mol. The second-order valence-corrected chi connectivity index (χ2v) is 8.98. The van der Waals surface area contributed by atoms with Gasteiger partial charge in [-0.2, -0.15) is 0 Å². The Hall–Kier alpha value is -1.93. The molecule has 6 nitrogen and oxygen atoms in total. The first-order valence-corrected chi connectivity index (χ1v) is 10.5. The highest BCUT2D eigenvalue weighted by Crippen LogP contribution is 2.33. The van der Waals surface area contributed by atoms with Crippen molar-refractivity contribution in [3.63, 3.8) is 0 Å². The zero-order chi connectivity index (χ0) is 19.8. The summed E-state index contributed by atoms with van der Waals surface area (Å²) in [5.41, 5.74) is 1.86. The summed E-state index contributed by atoms with van der Waals surface area (Å²) >= 11 is 7.84. The molecule has 8 heteroatoms. The fraction of sp³-hybridized carbons (Fsp3) is 0.400. The zero-order valence-corrected chi connectivity index (χ0v) is 17.9. The van der Waals surface area contributed by atoms with E-state index in [0.717, 1.165) is 47.5 Å². The smallest absolute Gasteiger partial charge is 0.268 e. The molecule has 28 heavy (non-hydrogen) atoms. The molecular weight excluding hydrogens is 394 g/mol. The lowest BCUT2D eigenvalue weighted by atomic mass is 10.1. The van der Waals surface area contributed by atoms with Gasteiger partial charge >= 0.3 is 0 Å². The number of nitrogens with one attached hydrogen (secondary N) is 1. The van der Waals surface area contributed by atoms with E-state index in [4.69, 9.17) is 16.6 Å². The van der Waals surface area contributed by atoms with E-state index in [-0.39, 0.29) is 5.56 Å². The summed E-state index contributed by atoms with van der Waals surface area (Å²) < 4.78 is 1.66. The van der Waals surface area contributed by atoms with Crippen molar-refractivity contribution < 1.29 is 0 Å². The monoisotopic (exact) mass is 417 g/mol. The molecule has 2 aromatic heterocycles. The standard InChI is InChI=1S/C20H24ClN5OS/c1-24(2)10-8-22-20-23-18-17(15-7-9-25(3)12-16(15)28-18)19(27)26(20)14-6-4-5-13(21)11-14/h4-6,11H,7-10,12H2,1-3H3,(H,22,23). The molecule has 1 aliphatic heterocycles. The van der Waals surface area contributed by atoms with Gasteiger partial charge in [-0.3, -0.25) is 4.79 Å². The van der Waals surface area contributed by atoms with E-state index in [1.54, 1.807) is 22.0 Å². The number of benzene rings is 1. The maximum absolute atomic E-state index is 13.6. The Morgan fingerprint density at radius 1 is 1.36 bits per heavy atom. The van der Waals surface area contributed by atoms with Crippen LogP contribution in [0.5, 0.6) is 0 Å². The van der Waals surface area contributed by atoms with E-state index < -0.39 is 0 Å². The lowest BCUT2D eigenvalue weighted by Gasteiger charge is -2.22. The van der Waals surface area contributed by atoms with Crippen molar-refractivity contribution in [2.75, 3.05) is 46.1 Å². The van der Waals surface area contributed by atoms with Gasteiger partial charge in [0.25, 0.3) is 5.56 Å². The van der Waals surface area contributed by atoms with Crippen LogP contribution in [-0.2, 0) is 13.0 Å². The number of fused-ring (bicyclic) bond motifs is 3. The highest BCUT2D eigenvalue weighted by atomic mass is 35.5. The van der Waals surface area contributed by atoms with Crippen molar-refractivity contribution in [1.29, 1.82) is 0 Å². The summed E-state index contributed by atoms with van der Waals surface area (Å²) in [5, 5.41) is 4.70. The second-order valence-electron chi connectivity index (χ2n) is 7.46. The molecular formula is C20H24ClN5OS. The molecule has 0 bridgehead atoms. The Morgan fingerprint density at radius 2 is 2.18 bits per heavy atom. The molecule has 0 spiro atoms. The summed E-state index contributed by atoms with van der Waals surface area (Å²) in [6.45, 7) is 3.36.